The molecule has 1 aliphatic rings. The van der Waals surface area contributed by atoms with Gasteiger partial charge in [0.1, 0.15) is 5.75 Å². The lowest BCUT2D eigenvalue weighted by molar-refractivity contribution is -0.385. The highest BCUT2D eigenvalue weighted by atomic mass is 16.6. The first-order valence-electron chi connectivity index (χ1n) is 7.87. The molecule has 0 aliphatic carbocycles. The Morgan fingerprint density at radius 3 is 1.79 bits per heavy atom. The number of nitro benzene ring substituents is 2. The van der Waals surface area contributed by atoms with Gasteiger partial charge in [-0.2, -0.15) is 0 Å². The first-order valence-corrected chi connectivity index (χ1v) is 7.87. The van der Waals surface area contributed by atoms with E-state index in [1.165, 1.54) is 24.3 Å². The fourth-order valence-electron chi connectivity index (χ4n) is 3.24. The zero-order valence-corrected chi connectivity index (χ0v) is 13.9. The number of amides is 2. The molecule has 0 unspecified atom stereocenters. The molecule has 4 rings (SSSR count). The van der Waals surface area contributed by atoms with Gasteiger partial charge in [0.25, 0.3) is 23.2 Å². The number of carbonyl (C=O) groups excluding carboxylic acids is 2. The second-order valence-electron chi connectivity index (χ2n) is 6.03. The fourth-order valence-corrected chi connectivity index (χ4v) is 3.24. The molecule has 1 N–H and O–H groups in total. The monoisotopic (exact) mass is 379 g/mol. The van der Waals surface area contributed by atoms with Crippen molar-refractivity contribution in [2.24, 2.45) is 0 Å². The maximum Gasteiger partial charge on any atom is 0.270 e. The average molecular weight is 379 g/mol. The Hall–Kier alpha value is -4.34. The summed E-state index contributed by atoms with van der Waals surface area (Å²) in [5.74, 6) is -2.11. The number of nitro groups is 2. The Bertz CT molecular complexity index is 1170. The number of imide groups is 1. The van der Waals surface area contributed by atoms with Crippen molar-refractivity contribution in [2.75, 3.05) is 4.90 Å². The van der Waals surface area contributed by atoms with Crippen molar-refractivity contribution in [3.05, 3.63) is 79.9 Å². The van der Waals surface area contributed by atoms with Crippen LogP contribution >= 0.6 is 0 Å². The number of para-hydroxylation sites is 2. The SMILES string of the molecule is O=C1c2cc([N+](=O)[O-])cc3cc([N+](=O)[O-])cc(c23)C(=O)N1c1ccccc1O. The number of phenols is 1. The van der Waals surface area contributed by atoms with E-state index < -0.39 is 33.0 Å². The highest BCUT2D eigenvalue weighted by molar-refractivity contribution is 6.36. The topological polar surface area (TPSA) is 144 Å². The van der Waals surface area contributed by atoms with Gasteiger partial charge in [0, 0.05) is 29.7 Å². The molecule has 0 aromatic heterocycles. The van der Waals surface area contributed by atoms with E-state index in [1.807, 2.05) is 0 Å². The van der Waals surface area contributed by atoms with Crippen LogP contribution in [0.2, 0.25) is 0 Å². The highest BCUT2D eigenvalue weighted by Gasteiger charge is 2.37. The first kappa shape index (κ1) is 17.1. The lowest BCUT2D eigenvalue weighted by Crippen LogP contribution is -2.40. The van der Waals surface area contributed by atoms with Crippen LogP contribution in [0.1, 0.15) is 20.7 Å². The van der Waals surface area contributed by atoms with Crippen molar-refractivity contribution < 1.29 is 24.5 Å². The summed E-state index contributed by atoms with van der Waals surface area (Å²) in [4.78, 5) is 47.7. The normalized spacial score (nSPS) is 13.1. The van der Waals surface area contributed by atoms with Crippen LogP contribution in [0.25, 0.3) is 10.8 Å². The van der Waals surface area contributed by atoms with Gasteiger partial charge in [-0.25, -0.2) is 4.90 Å². The number of benzene rings is 3. The zero-order chi connectivity index (χ0) is 20.2. The lowest BCUT2D eigenvalue weighted by Gasteiger charge is -2.27. The summed E-state index contributed by atoms with van der Waals surface area (Å²) in [6.45, 7) is 0. The standard InChI is InChI=1S/C18H9N3O7/c22-15-4-2-1-3-14(15)19-17(23)12-7-10(20(25)26)5-9-6-11(21(27)28)8-13(16(9)12)18(19)24/h1-8,22H. The smallest absolute Gasteiger partial charge is 0.270 e. The van der Waals surface area contributed by atoms with E-state index in [4.69, 9.17) is 0 Å². The number of carbonyl (C=O) groups is 2. The van der Waals surface area contributed by atoms with E-state index >= 15 is 0 Å². The third kappa shape index (κ3) is 2.35. The van der Waals surface area contributed by atoms with Crippen LogP contribution in [0.5, 0.6) is 5.75 Å². The van der Waals surface area contributed by atoms with Gasteiger partial charge in [-0.15, -0.1) is 0 Å². The molecule has 0 atom stereocenters. The molecule has 0 saturated carbocycles. The largest absolute Gasteiger partial charge is 0.506 e. The Kier molecular flexibility index (Phi) is 3.57. The molecule has 28 heavy (non-hydrogen) atoms. The van der Waals surface area contributed by atoms with Crippen LogP contribution < -0.4 is 4.90 Å². The van der Waals surface area contributed by atoms with E-state index in [1.54, 1.807) is 0 Å². The van der Waals surface area contributed by atoms with Gasteiger partial charge in [-0.3, -0.25) is 29.8 Å². The quantitative estimate of drug-likeness (QED) is 0.418. The minimum atomic E-state index is -0.874. The molecule has 0 spiro atoms. The number of rotatable bonds is 3. The van der Waals surface area contributed by atoms with Crippen LogP contribution in [0.15, 0.2) is 48.5 Å². The molecule has 2 amide bonds. The molecule has 3 aromatic rings. The van der Waals surface area contributed by atoms with Crippen molar-refractivity contribution in [1.82, 2.24) is 0 Å². The summed E-state index contributed by atoms with van der Waals surface area (Å²) in [6, 6.07) is 9.74. The third-order valence-electron chi connectivity index (χ3n) is 4.43. The number of nitrogens with zero attached hydrogens (tertiary/aromatic N) is 3. The van der Waals surface area contributed by atoms with Crippen molar-refractivity contribution in [2.45, 2.75) is 0 Å². The van der Waals surface area contributed by atoms with Gasteiger partial charge < -0.3 is 5.11 Å². The summed E-state index contributed by atoms with van der Waals surface area (Å²) in [5.41, 5.74) is -1.34. The number of phenolic OH excluding ortho intramolecular Hbond substituents is 1. The average Bonchev–Trinajstić information content (AvgIpc) is 2.66. The van der Waals surface area contributed by atoms with Crippen LogP contribution in [0, 0.1) is 20.2 Å². The summed E-state index contributed by atoms with van der Waals surface area (Å²) in [6.07, 6.45) is 0. The lowest BCUT2D eigenvalue weighted by atomic mass is 9.92. The first-order chi connectivity index (χ1) is 13.3. The molecule has 0 bridgehead atoms. The Morgan fingerprint density at radius 1 is 0.821 bits per heavy atom. The minimum Gasteiger partial charge on any atom is -0.506 e. The van der Waals surface area contributed by atoms with Crippen molar-refractivity contribution >= 4 is 39.6 Å². The number of hydrogen-bond acceptors (Lipinski definition) is 7. The second kappa shape index (κ2) is 5.84. The molecule has 3 aromatic carbocycles. The molecule has 10 heteroatoms. The summed E-state index contributed by atoms with van der Waals surface area (Å²) >= 11 is 0. The maximum atomic E-state index is 13.0. The van der Waals surface area contributed by atoms with Gasteiger partial charge in [0.05, 0.1) is 26.7 Å². The predicted molar refractivity (Wildman–Crippen MR) is 96.5 cm³/mol. The van der Waals surface area contributed by atoms with Gasteiger partial charge in [0.15, 0.2) is 0 Å². The van der Waals surface area contributed by atoms with Crippen LogP contribution in [0.3, 0.4) is 0 Å². The van der Waals surface area contributed by atoms with Crippen LogP contribution in [0.4, 0.5) is 17.1 Å². The Morgan fingerprint density at radius 2 is 1.32 bits per heavy atom. The third-order valence-corrected chi connectivity index (χ3v) is 4.43. The molecule has 0 saturated heterocycles. The van der Waals surface area contributed by atoms with E-state index in [-0.39, 0.29) is 33.3 Å². The molecular formula is C18H9N3O7. The van der Waals surface area contributed by atoms with E-state index in [2.05, 4.69) is 0 Å². The molecular weight excluding hydrogens is 370 g/mol. The maximum absolute atomic E-state index is 13.0. The second-order valence-corrected chi connectivity index (χ2v) is 6.03. The van der Waals surface area contributed by atoms with Crippen molar-refractivity contribution in [1.29, 1.82) is 0 Å². The van der Waals surface area contributed by atoms with E-state index in [0.29, 0.717) is 4.90 Å². The Balaban J connectivity index is 2.09. The number of anilines is 1. The molecule has 0 fully saturated rings. The van der Waals surface area contributed by atoms with E-state index in [9.17, 15) is 34.9 Å². The number of non-ortho nitro benzene ring substituents is 2. The molecule has 1 heterocycles. The summed E-state index contributed by atoms with van der Waals surface area (Å²) < 4.78 is 0. The van der Waals surface area contributed by atoms with Gasteiger partial charge >= 0.3 is 0 Å². The molecule has 1 aliphatic heterocycles. The predicted octanol–water partition coefficient (Wildman–Crippen LogP) is 3.16. The molecule has 10 nitrogen and oxygen atoms in total. The number of aromatic hydroxyl groups is 1. The highest BCUT2D eigenvalue weighted by Crippen LogP contribution is 2.39. The fraction of sp³-hybridized carbons (Fsp3) is 0. The Labute approximate surface area is 155 Å². The summed E-state index contributed by atoms with van der Waals surface area (Å²) in [7, 11) is 0. The molecule has 0 radical (unpaired) electrons. The van der Waals surface area contributed by atoms with E-state index in [0.717, 1.165) is 24.3 Å². The van der Waals surface area contributed by atoms with Crippen LogP contribution in [-0.2, 0) is 0 Å². The van der Waals surface area contributed by atoms with Crippen LogP contribution in [-0.4, -0.2) is 26.8 Å². The van der Waals surface area contributed by atoms with Crippen molar-refractivity contribution in [3.8, 4) is 5.75 Å². The number of hydrogen-bond donors (Lipinski definition) is 1. The summed E-state index contributed by atoms with van der Waals surface area (Å²) in [5, 5.41) is 32.7. The van der Waals surface area contributed by atoms with Gasteiger partial charge in [-0.1, -0.05) is 12.1 Å². The van der Waals surface area contributed by atoms with Crippen molar-refractivity contribution in [3.63, 3.8) is 0 Å². The van der Waals surface area contributed by atoms with Gasteiger partial charge in [-0.05, 0) is 17.5 Å². The van der Waals surface area contributed by atoms with Gasteiger partial charge in [0.2, 0.25) is 0 Å². The minimum absolute atomic E-state index is 0.0343. The molecule has 138 valence electrons. The zero-order valence-electron chi connectivity index (χ0n) is 13.9.